The molecule has 1 aromatic carbocycles. The van der Waals surface area contributed by atoms with Crippen molar-refractivity contribution in [2.45, 2.75) is 51.9 Å². The van der Waals surface area contributed by atoms with Gasteiger partial charge in [-0.25, -0.2) is 14.4 Å². The molecular formula is C22H28N4O9. The van der Waals surface area contributed by atoms with Gasteiger partial charge in [-0.2, -0.15) is 0 Å². The maximum absolute atomic E-state index is 12.5. The minimum absolute atomic E-state index is 0.0130. The topological polar surface area (TPSA) is 169 Å². The molecule has 13 heteroatoms. The van der Waals surface area contributed by atoms with Gasteiger partial charge in [-0.1, -0.05) is 30.3 Å². The molecule has 1 aromatic rings. The van der Waals surface area contributed by atoms with Crippen LogP contribution in [0.25, 0.3) is 0 Å². The fraction of sp³-hybridized carbons (Fsp3) is 0.455. The third-order valence-corrected chi connectivity index (χ3v) is 4.26. The highest BCUT2D eigenvalue weighted by molar-refractivity contribution is 6.02. The smallest absolute Gasteiger partial charge is 0.407 e. The Hall–Kier alpha value is -4.16. The number of hydroxylamine groups is 2. The van der Waals surface area contributed by atoms with Gasteiger partial charge < -0.3 is 30.3 Å². The third kappa shape index (κ3) is 9.70. The maximum atomic E-state index is 12.5. The van der Waals surface area contributed by atoms with Crippen LogP contribution in [0.5, 0.6) is 0 Å². The second kappa shape index (κ2) is 12.3. The molecule has 0 saturated carbocycles. The Kier molecular flexibility index (Phi) is 9.55. The molecule has 35 heavy (non-hydrogen) atoms. The number of alkyl carbamates (subject to hydrolysis) is 2. The van der Waals surface area contributed by atoms with Crippen LogP contribution in [0.1, 0.15) is 39.2 Å². The molecule has 3 N–H and O–H groups in total. The summed E-state index contributed by atoms with van der Waals surface area (Å²) < 4.78 is 10.1. The van der Waals surface area contributed by atoms with Gasteiger partial charge in [0.2, 0.25) is 5.91 Å². The number of benzene rings is 1. The lowest BCUT2D eigenvalue weighted by Gasteiger charge is -2.23. The number of hydrogen-bond acceptors (Lipinski definition) is 9. The molecule has 2 rings (SSSR count). The Morgan fingerprint density at radius 3 is 2.20 bits per heavy atom. The molecule has 1 aliphatic rings. The van der Waals surface area contributed by atoms with Gasteiger partial charge in [0.25, 0.3) is 11.8 Å². The van der Waals surface area contributed by atoms with Gasteiger partial charge in [-0.05, 0) is 26.3 Å². The minimum Gasteiger partial charge on any atom is -0.445 e. The highest BCUT2D eigenvalue weighted by atomic mass is 16.7. The number of imide groups is 1. The largest absolute Gasteiger partial charge is 0.445 e. The van der Waals surface area contributed by atoms with E-state index in [9.17, 15) is 28.8 Å². The Morgan fingerprint density at radius 1 is 0.971 bits per heavy atom. The highest BCUT2D eigenvalue weighted by Crippen LogP contribution is 2.13. The SMILES string of the molecule is CC(C)(C)OC(=O)NCC(NC(=O)CNC(=O)OCc1ccccc1)C(=O)ON1C(=O)CCC1=O. The van der Waals surface area contributed by atoms with Crippen LogP contribution in [0.4, 0.5) is 9.59 Å². The number of hydrogen-bond donors (Lipinski definition) is 3. The van der Waals surface area contributed by atoms with Crippen LogP contribution < -0.4 is 16.0 Å². The zero-order valence-electron chi connectivity index (χ0n) is 19.6. The average Bonchev–Trinajstić information content (AvgIpc) is 3.10. The summed E-state index contributed by atoms with van der Waals surface area (Å²) in [6.07, 6.45) is -1.98. The Bertz CT molecular complexity index is 943. The normalized spacial score (nSPS) is 14.1. The van der Waals surface area contributed by atoms with Crippen LogP contribution in [0.2, 0.25) is 0 Å². The number of nitrogens with zero attached hydrogens (tertiary/aromatic N) is 1. The summed E-state index contributed by atoms with van der Waals surface area (Å²) in [5.41, 5.74) is -0.0731. The van der Waals surface area contributed by atoms with Crippen LogP contribution in [0.15, 0.2) is 30.3 Å². The lowest BCUT2D eigenvalue weighted by Crippen LogP contribution is -2.53. The van der Waals surface area contributed by atoms with Crippen LogP contribution in [-0.2, 0) is 40.1 Å². The molecule has 1 unspecified atom stereocenters. The summed E-state index contributed by atoms with van der Waals surface area (Å²) in [5, 5.41) is 7.10. The second-order valence-electron chi connectivity index (χ2n) is 8.41. The quantitative estimate of drug-likeness (QED) is 0.416. The summed E-state index contributed by atoms with van der Waals surface area (Å²) >= 11 is 0. The molecule has 0 radical (unpaired) electrons. The molecule has 0 bridgehead atoms. The van der Waals surface area contributed by atoms with Gasteiger partial charge in [-0.15, -0.1) is 5.06 Å². The monoisotopic (exact) mass is 492 g/mol. The van der Waals surface area contributed by atoms with Crippen LogP contribution in [0, 0.1) is 0 Å². The first-order valence-corrected chi connectivity index (χ1v) is 10.7. The Labute approximate surface area is 201 Å². The van der Waals surface area contributed by atoms with E-state index < -0.39 is 60.6 Å². The van der Waals surface area contributed by atoms with Gasteiger partial charge in [-0.3, -0.25) is 14.4 Å². The Morgan fingerprint density at radius 2 is 1.60 bits per heavy atom. The molecule has 1 atom stereocenters. The molecule has 5 amide bonds. The van der Waals surface area contributed by atoms with Crippen molar-refractivity contribution in [2.75, 3.05) is 13.1 Å². The molecule has 1 aliphatic heterocycles. The maximum Gasteiger partial charge on any atom is 0.407 e. The minimum atomic E-state index is -1.50. The van der Waals surface area contributed by atoms with Gasteiger partial charge in [0.05, 0.1) is 6.54 Å². The van der Waals surface area contributed by atoms with Gasteiger partial charge in [0.1, 0.15) is 24.8 Å². The molecule has 0 spiro atoms. The van der Waals surface area contributed by atoms with E-state index in [0.29, 0.717) is 5.06 Å². The zero-order chi connectivity index (χ0) is 26.0. The standard InChI is InChI=1S/C22H28N4O9/c1-22(2,3)34-21(32)23-11-15(19(30)35-26-17(28)9-10-18(26)29)25-16(27)12-24-20(31)33-13-14-7-5-4-6-8-14/h4-8,15H,9-13H2,1-3H3,(H,23,32)(H,24,31)(H,25,27). The number of rotatable bonds is 9. The summed E-state index contributed by atoms with van der Waals surface area (Å²) in [6, 6.07) is 7.37. The first-order valence-electron chi connectivity index (χ1n) is 10.7. The molecule has 13 nitrogen and oxygen atoms in total. The van der Waals surface area contributed by atoms with Crippen molar-refractivity contribution in [3.05, 3.63) is 35.9 Å². The fourth-order valence-corrected chi connectivity index (χ4v) is 2.68. The van der Waals surface area contributed by atoms with Crippen molar-refractivity contribution in [1.29, 1.82) is 0 Å². The van der Waals surface area contributed by atoms with E-state index in [1.54, 1.807) is 45.0 Å². The fourth-order valence-electron chi connectivity index (χ4n) is 2.68. The zero-order valence-corrected chi connectivity index (χ0v) is 19.6. The molecule has 0 aliphatic carbocycles. The van der Waals surface area contributed by atoms with E-state index in [2.05, 4.69) is 16.0 Å². The summed E-state index contributed by atoms with van der Waals surface area (Å²) in [5.74, 6) is -3.42. The number of carbonyl (C=O) groups is 6. The summed E-state index contributed by atoms with van der Waals surface area (Å²) in [4.78, 5) is 76.9. The predicted molar refractivity (Wildman–Crippen MR) is 118 cm³/mol. The second-order valence-corrected chi connectivity index (χ2v) is 8.41. The molecule has 190 valence electrons. The van der Waals surface area contributed by atoms with Crippen molar-refractivity contribution in [1.82, 2.24) is 21.0 Å². The number of nitrogens with one attached hydrogen (secondary N) is 3. The van der Waals surface area contributed by atoms with Crippen molar-refractivity contribution in [3.63, 3.8) is 0 Å². The van der Waals surface area contributed by atoms with Crippen molar-refractivity contribution < 1.29 is 43.1 Å². The molecular weight excluding hydrogens is 464 g/mol. The van der Waals surface area contributed by atoms with E-state index in [0.717, 1.165) is 5.56 Å². The third-order valence-electron chi connectivity index (χ3n) is 4.26. The highest BCUT2D eigenvalue weighted by Gasteiger charge is 2.35. The van der Waals surface area contributed by atoms with Crippen molar-refractivity contribution in [3.8, 4) is 0 Å². The average molecular weight is 492 g/mol. The summed E-state index contributed by atoms with van der Waals surface area (Å²) in [6.45, 7) is 3.84. The predicted octanol–water partition coefficient (Wildman–Crippen LogP) is 0.530. The summed E-state index contributed by atoms with van der Waals surface area (Å²) in [7, 11) is 0. The van der Waals surface area contributed by atoms with E-state index in [1.165, 1.54) is 0 Å². The first-order chi connectivity index (χ1) is 16.4. The Balaban J connectivity index is 1.91. The van der Waals surface area contributed by atoms with Crippen LogP contribution in [-0.4, -0.2) is 65.7 Å². The molecule has 1 fully saturated rings. The number of ether oxygens (including phenoxy) is 2. The molecule has 1 heterocycles. The van der Waals surface area contributed by atoms with E-state index in [4.69, 9.17) is 14.3 Å². The van der Waals surface area contributed by atoms with E-state index in [1.807, 2.05) is 6.07 Å². The van der Waals surface area contributed by atoms with E-state index >= 15 is 0 Å². The van der Waals surface area contributed by atoms with Gasteiger partial charge in [0, 0.05) is 12.8 Å². The molecule has 0 aromatic heterocycles. The van der Waals surface area contributed by atoms with Crippen LogP contribution >= 0.6 is 0 Å². The lowest BCUT2D eigenvalue weighted by molar-refractivity contribution is -0.199. The van der Waals surface area contributed by atoms with Gasteiger partial charge in [0.15, 0.2) is 0 Å². The van der Waals surface area contributed by atoms with Crippen molar-refractivity contribution >= 4 is 35.9 Å². The van der Waals surface area contributed by atoms with Crippen LogP contribution in [0.3, 0.4) is 0 Å². The van der Waals surface area contributed by atoms with Gasteiger partial charge >= 0.3 is 18.2 Å². The first kappa shape index (κ1) is 27.1. The van der Waals surface area contributed by atoms with Crippen molar-refractivity contribution in [2.24, 2.45) is 0 Å². The lowest BCUT2D eigenvalue weighted by atomic mass is 10.2. The van der Waals surface area contributed by atoms with E-state index in [-0.39, 0.29) is 19.4 Å². The number of carbonyl (C=O) groups excluding carboxylic acids is 6. The number of amides is 5. The molecule has 1 saturated heterocycles.